The van der Waals surface area contributed by atoms with Gasteiger partial charge in [0.05, 0.1) is 10.0 Å². The van der Waals surface area contributed by atoms with Gasteiger partial charge >= 0.3 is 12.1 Å². The zero-order valence-electron chi connectivity index (χ0n) is 18.6. The van der Waals surface area contributed by atoms with E-state index < -0.39 is 29.6 Å². The summed E-state index contributed by atoms with van der Waals surface area (Å²) < 4.78 is 5.85. The van der Waals surface area contributed by atoms with Gasteiger partial charge in [0.15, 0.2) is 0 Å². The minimum absolute atomic E-state index is 0.00894. The van der Waals surface area contributed by atoms with Gasteiger partial charge in [0, 0.05) is 16.9 Å². The fraction of sp³-hybridized carbons (Fsp3) is 0.231. The first-order chi connectivity index (χ1) is 16.1. The molecule has 3 aromatic carbocycles. The normalized spacial score (nSPS) is 13.1. The number of aliphatic carboxylic acids is 1. The summed E-state index contributed by atoms with van der Waals surface area (Å²) in [6.45, 7) is 3.88. The molecule has 3 aromatic rings. The Hall–Kier alpha value is -2.73. The first-order valence-corrected chi connectivity index (χ1v) is 11.7. The Labute approximate surface area is 213 Å². The van der Waals surface area contributed by atoms with Crippen molar-refractivity contribution >= 4 is 46.9 Å². The lowest BCUT2D eigenvalue weighted by atomic mass is 9.76. The number of nitrogens with one attached hydrogen (secondary N) is 1. The highest BCUT2D eigenvalue weighted by Crippen LogP contribution is 2.40. The molecule has 2 atom stereocenters. The molecule has 0 saturated carbocycles. The van der Waals surface area contributed by atoms with Gasteiger partial charge in [-0.05, 0) is 41.0 Å². The van der Waals surface area contributed by atoms with Gasteiger partial charge in [-0.3, -0.25) is 0 Å². The van der Waals surface area contributed by atoms with Gasteiger partial charge in [-0.15, -0.1) is 0 Å². The van der Waals surface area contributed by atoms with Crippen molar-refractivity contribution in [3.63, 3.8) is 0 Å². The second-order valence-corrected chi connectivity index (χ2v) is 9.67. The first kappa shape index (κ1) is 25.9. The van der Waals surface area contributed by atoms with Gasteiger partial charge in [0.1, 0.15) is 12.1 Å². The van der Waals surface area contributed by atoms with Crippen LogP contribution in [0, 0.1) is 0 Å². The highest BCUT2D eigenvalue weighted by Gasteiger charge is 2.36. The fourth-order valence-electron chi connectivity index (χ4n) is 3.69. The van der Waals surface area contributed by atoms with E-state index in [2.05, 4.69) is 5.32 Å². The van der Waals surface area contributed by atoms with Gasteiger partial charge < -0.3 is 15.2 Å². The molecule has 0 fully saturated rings. The van der Waals surface area contributed by atoms with Crippen molar-refractivity contribution < 1.29 is 19.4 Å². The van der Waals surface area contributed by atoms with Crippen molar-refractivity contribution in [2.75, 3.05) is 0 Å². The lowest BCUT2D eigenvalue weighted by Crippen LogP contribution is -2.44. The minimum atomic E-state index is -1.23. The van der Waals surface area contributed by atoms with Crippen LogP contribution in [0.1, 0.15) is 36.6 Å². The molecule has 1 unspecified atom stereocenters. The Balaban J connectivity index is 1.84. The van der Waals surface area contributed by atoms with Crippen LogP contribution in [0.5, 0.6) is 0 Å². The van der Waals surface area contributed by atoms with Crippen LogP contribution in [0.15, 0.2) is 72.8 Å². The maximum absolute atomic E-state index is 12.9. The van der Waals surface area contributed by atoms with E-state index in [1.807, 2.05) is 62.4 Å². The SMILES string of the molecule is CC(C)(c1cccc(Cl)c1)C(OC(=O)N[C@@H](Cc1ccc(Cl)c(Cl)c1)C(=O)O)c1ccccc1. The Morgan fingerprint density at radius 2 is 1.65 bits per heavy atom. The Morgan fingerprint density at radius 1 is 0.941 bits per heavy atom. The van der Waals surface area contributed by atoms with Gasteiger partial charge in [0.25, 0.3) is 0 Å². The third kappa shape index (κ3) is 6.44. The third-order valence-electron chi connectivity index (χ3n) is 5.57. The summed E-state index contributed by atoms with van der Waals surface area (Å²) >= 11 is 18.2. The van der Waals surface area contributed by atoms with Crippen LogP contribution in [0.25, 0.3) is 0 Å². The van der Waals surface area contributed by atoms with Crippen molar-refractivity contribution in [3.05, 3.63) is 105 Å². The van der Waals surface area contributed by atoms with E-state index in [0.717, 1.165) is 11.1 Å². The van der Waals surface area contributed by atoms with Crippen LogP contribution < -0.4 is 5.32 Å². The zero-order valence-corrected chi connectivity index (χ0v) is 20.9. The van der Waals surface area contributed by atoms with E-state index in [1.54, 1.807) is 24.3 Å². The molecule has 0 spiro atoms. The standard InChI is InChI=1S/C26H24Cl3NO4/c1-26(2,18-9-6-10-19(27)15-18)23(17-7-4-3-5-8-17)34-25(33)30-22(24(31)32)14-16-11-12-20(28)21(29)13-16/h3-13,15,22-23H,14H2,1-2H3,(H,30,33)(H,31,32)/t22-,23?/m0/s1. The molecule has 0 aliphatic carbocycles. The van der Waals surface area contributed by atoms with E-state index in [-0.39, 0.29) is 6.42 Å². The summed E-state index contributed by atoms with van der Waals surface area (Å²) in [6.07, 6.45) is -1.56. The van der Waals surface area contributed by atoms with Crippen molar-refractivity contribution in [2.45, 2.75) is 37.8 Å². The second kappa shape index (κ2) is 11.1. The van der Waals surface area contributed by atoms with Crippen LogP contribution in [0.2, 0.25) is 15.1 Å². The molecular weight excluding hydrogens is 497 g/mol. The van der Waals surface area contributed by atoms with E-state index in [4.69, 9.17) is 39.5 Å². The molecule has 2 N–H and O–H groups in total. The molecule has 3 rings (SSSR count). The summed E-state index contributed by atoms with van der Waals surface area (Å²) in [5.74, 6) is -1.20. The number of carbonyl (C=O) groups is 2. The summed E-state index contributed by atoms with van der Waals surface area (Å²) in [5, 5.41) is 13.4. The second-order valence-electron chi connectivity index (χ2n) is 8.42. The Bertz CT molecular complexity index is 1170. The summed E-state index contributed by atoms with van der Waals surface area (Å²) in [4.78, 5) is 24.8. The van der Waals surface area contributed by atoms with Crippen molar-refractivity contribution in [2.24, 2.45) is 0 Å². The average molecular weight is 521 g/mol. The maximum Gasteiger partial charge on any atom is 0.408 e. The number of rotatable bonds is 8. The van der Waals surface area contributed by atoms with Gasteiger partial charge in [-0.1, -0.05) is 97.2 Å². The van der Waals surface area contributed by atoms with Crippen LogP contribution in [0.3, 0.4) is 0 Å². The topological polar surface area (TPSA) is 75.6 Å². The summed E-state index contributed by atoms with van der Waals surface area (Å²) in [7, 11) is 0. The van der Waals surface area contributed by atoms with Gasteiger partial charge in [-0.25, -0.2) is 9.59 Å². The zero-order chi connectivity index (χ0) is 24.9. The molecule has 5 nitrogen and oxygen atoms in total. The molecule has 0 bridgehead atoms. The molecule has 0 aromatic heterocycles. The van der Waals surface area contributed by atoms with Crippen LogP contribution in [0.4, 0.5) is 4.79 Å². The number of carboxylic acid groups (broad SMARTS) is 1. The van der Waals surface area contributed by atoms with Crippen molar-refractivity contribution in [3.8, 4) is 0 Å². The number of amides is 1. The number of benzene rings is 3. The number of hydrogen-bond donors (Lipinski definition) is 2. The van der Waals surface area contributed by atoms with Gasteiger partial charge in [-0.2, -0.15) is 0 Å². The molecule has 0 heterocycles. The predicted molar refractivity (Wildman–Crippen MR) is 135 cm³/mol. The summed E-state index contributed by atoms with van der Waals surface area (Å²) in [6, 6.07) is 20.2. The fourth-order valence-corrected chi connectivity index (χ4v) is 4.20. The number of carboxylic acids is 1. The van der Waals surface area contributed by atoms with E-state index >= 15 is 0 Å². The summed E-state index contributed by atoms with van der Waals surface area (Å²) in [5.41, 5.74) is 1.57. The number of halogens is 3. The molecule has 0 aliphatic heterocycles. The van der Waals surface area contributed by atoms with Crippen LogP contribution in [-0.4, -0.2) is 23.2 Å². The smallest absolute Gasteiger partial charge is 0.408 e. The molecular formula is C26H24Cl3NO4. The molecule has 8 heteroatoms. The first-order valence-electron chi connectivity index (χ1n) is 10.5. The van der Waals surface area contributed by atoms with E-state index in [0.29, 0.717) is 20.6 Å². The van der Waals surface area contributed by atoms with Gasteiger partial charge in [0.2, 0.25) is 0 Å². The Morgan fingerprint density at radius 3 is 2.26 bits per heavy atom. The lowest BCUT2D eigenvalue weighted by Gasteiger charge is -2.35. The number of carbonyl (C=O) groups excluding carboxylic acids is 1. The molecule has 0 radical (unpaired) electrons. The predicted octanol–water partition coefficient (Wildman–Crippen LogP) is 7.09. The Kier molecular flexibility index (Phi) is 8.47. The van der Waals surface area contributed by atoms with E-state index in [9.17, 15) is 14.7 Å². The van der Waals surface area contributed by atoms with Crippen molar-refractivity contribution in [1.82, 2.24) is 5.32 Å². The molecule has 1 amide bonds. The highest BCUT2D eigenvalue weighted by atomic mass is 35.5. The lowest BCUT2D eigenvalue weighted by molar-refractivity contribution is -0.139. The largest absolute Gasteiger partial charge is 0.480 e. The minimum Gasteiger partial charge on any atom is -0.480 e. The quantitative estimate of drug-likeness (QED) is 0.332. The van der Waals surface area contributed by atoms with Crippen LogP contribution >= 0.6 is 34.8 Å². The molecule has 0 saturated heterocycles. The highest BCUT2D eigenvalue weighted by molar-refractivity contribution is 6.42. The van der Waals surface area contributed by atoms with Crippen molar-refractivity contribution in [1.29, 1.82) is 0 Å². The number of alkyl carbamates (subject to hydrolysis) is 1. The molecule has 34 heavy (non-hydrogen) atoms. The third-order valence-corrected chi connectivity index (χ3v) is 6.54. The monoisotopic (exact) mass is 519 g/mol. The maximum atomic E-state index is 12.9. The number of ether oxygens (including phenoxy) is 1. The molecule has 178 valence electrons. The molecule has 0 aliphatic rings. The van der Waals surface area contributed by atoms with Crippen LogP contribution in [-0.2, 0) is 21.4 Å². The average Bonchev–Trinajstić information content (AvgIpc) is 2.80. The number of hydrogen-bond acceptors (Lipinski definition) is 3. The van der Waals surface area contributed by atoms with E-state index in [1.165, 1.54) is 0 Å².